The van der Waals surface area contributed by atoms with Gasteiger partial charge in [0.1, 0.15) is 11.6 Å². The SMILES string of the molecule is CCOC(=O)N1CCN(C(=O)[C@H](Cc2ccc(P(=O)(OCC)OCC)cc2)NC(=O)OC(C)(C)C)CC1. The second kappa shape index (κ2) is 13.8. The van der Waals surface area contributed by atoms with Crippen LogP contribution in [-0.4, -0.2) is 85.5 Å². The first-order valence-electron chi connectivity index (χ1n) is 12.6. The zero-order valence-electron chi connectivity index (χ0n) is 22.7. The Kier molecular flexibility index (Phi) is 11.4. The van der Waals surface area contributed by atoms with E-state index in [1.165, 1.54) is 0 Å². The van der Waals surface area contributed by atoms with Crippen molar-refractivity contribution < 1.29 is 37.5 Å². The number of ether oxygens (including phenoxy) is 2. The number of carbonyl (C=O) groups excluding carboxylic acids is 3. The molecule has 0 aromatic heterocycles. The average molecular weight is 542 g/mol. The number of hydrogen-bond acceptors (Lipinski definition) is 8. The first-order chi connectivity index (χ1) is 17.4. The summed E-state index contributed by atoms with van der Waals surface area (Å²) >= 11 is 0. The van der Waals surface area contributed by atoms with E-state index in [0.717, 1.165) is 5.56 Å². The Hall–Kier alpha value is -2.62. The van der Waals surface area contributed by atoms with Crippen LogP contribution < -0.4 is 10.6 Å². The fraction of sp³-hybridized carbons (Fsp3) is 0.640. The third kappa shape index (κ3) is 9.32. The molecule has 1 aliphatic heterocycles. The zero-order chi connectivity index (χ0) is 27.6. The average Bonchev–Trinajstić information content (AvgIpc) is 2.83. The lowest BCUT2D eigenvalue weighted by atomic mass is 10.0. The predicted octanol–water partition coefficient (Wildman–Crippen LogP) is 3.31. The van der Waals surface area contributed by atoms with Gasteiger partial charge in [-0.15, -0.1) is 0 Å². The van der Waals surface area contributed by atoms with Gasteiger partial charge in [0.25, 0.3) is 0 Å². The molecular weight excluding hydrogens is 501 g/mol. The lowest BCUT2D eigenvalue weighted by Crippen LogP contribution is -2.56. The topological polar surface area (TPSA) is 124 Å². The van der Waals surface area contributed by atoms with E-state index in [1.54, 1.807) is 75.6 Å². The van der Waals surface area contributed by atoms with Gasteiger partial charge in [-0.25, -0.2) is 9.59 Å². The molecule has 1 saturated heterocycles. The van der Waals surface area contributed by atoms with Crippen LogP contribution in [0.15, 0.2) is 24.3 Å². The van der Waals surface area contributed by atoms with E-state index in [1.807, 2.05) is 0 Å². The number of hydrogen-bond donors (Lipinski definition) is 1. The molecule has 0 spiro atoms. The summed E-state index contributed by atoms with van der Waals surface area (Å²) in [4.78, 5) is 41.2. The smallest absolute Gasteiger partial charge is 0.409 e. The lowest BCUT2D eigenvalue weighted by Gasteiger charge is -2.36. The molecule has 1 fully saturated rings. The van der Waals surface area contributed by atoms with E-state index in [2.05, 4.69) is 5.32 Å². The second-order valence-corrected chi connectivity index (χ2v) is 11.4. The Morgan fingerprint density at radius 2 is 1.46 bits per heavy atom. The molecular formula is C25H40N3O8P. The Morgan fingerprint density at radius 1 is 0.919 bits per heavy atom. The van der Waals surface area contributed by atoms with Crippen molar-refractivity contribution in [1.82, 2.24) is 15.1 Å². The molecule has 0 radical (unpaired) electrons. The van der Waals surface area contributed by atoms with Gasteiger partial charge in [0.15, 0.2) is 0 Å². The molecule has 1 atom stereocenters. The molecule has 37 heavy (non-hydrogen) atoms. The van der Waals surface area contributed by atoms with E-state index in [0.29, 0.717) is 31.5 Å². The quantitative estimate of drug-likeness (QED) is 0.448. The van der Waals surface area contributed by atoms with Gasteiger partial charge in [-0.3, -0.25) is 9.36 Å². The Labute approximate surface area is 219 Å². The Bertz CT molecular complexity index is 946. The fourth-order valence-electron chi connectivity index (χ4n) is 3.77. The number of carbonyl (C=O) groups is 3. The van der Waals surface area contributed by atoms with E-state index in [4.69, 9.17) is 18.5 Å². The van der Waals surface area contributed by atoms with E-state index in [-0.39, 0.29) is 32.1 Å². The van der Waals surface area contributed by atoms with Crippen molar-refractivity contribution >= 4 is 31.0 Å². The predicted molar refractivity (Wildman–Crippen MR) is 139 cm³/mol. The maximum absolute atomic E-state index is 13.4. The molecule has 1 aliphatic rings. The van der Waals surface area contributed by atoms with Crippen LogP contribution in [0, 0.1) is 0 Å². The minimum Gasteiger partial charge on any atom is -0.450 e. The first-order valence-corrected chi connectivity index (χ1v) is 14.1. The summed E-state index contributed by atoms with van der Waals surface area (Å²) in [5, 5.41) is 3.11. The van der Waals surface area contributed by atoms with Crippen LogP contribution >= 0.6 is 7.60 Å². The van der Waals surface area contributed by atoms with Crippen molar-refractivity contribution in [2.45, 2.75) is 59.6 Å². The van der Waals surface area contributed by atoms with Gasteiger partial charge in [-0.2, -0.15) is 0 Å². The van der Waals surface area contributed by atoms with Crippen LogP contribution in [0.1, 0.15) is 47.1 Å². The number of rotatable bonds is 10. The highest BCUT2D eigenvalue weighted by atomic mass is 31.2. The van der Waals surface area contributed by atoms with Crippen LogP contribution in [0.25, 0.3) is 0 Å². The number of nitrogens with zero attached hydrogens (tertiary/aromatic N) is 2. The molecule has 0 bridgehead atoms. The highest BCUT2D eigenvalue weighted by Crippen LogP contribution is 2.46. The van der Waals surface area contributed by atoms with Crippen LogP contribution in [0.2, 0.25) is 0 Å². The largest absolute Gasteiger partial charge is 0.450 e. The van der Waals surface area contributed by atoms with Gasteiger partial charge in [0.05, 0.1) is 25.1 Å². The van der Waals surface area contributed by atoms with Gasteiger partial charge < -0.3 is 33.6 Å². The van der Waals surface area contributed by atoms with Gasteiger partial charge >= 0.3 is 19.8 Å². The molecule has 2 rings (SSSR count). The highest BCUT2D eigenvalue weighted by molar-refractivity contribution is 7.62. The summed E-state index contributed by atoms with van der Waals surface area (Å²) in [6.07, 6.45) is -0.927. The number of amides is 3. The molecule has 1 aromatic carbocycles. The monoisotopic (exact) mass is 541 g/mol. The van der Waals surface area contributed by atoms with Gasteiger partial charge in [0, 0.05) is 32.6 Å². The van der Waals surface area contributed by atoms with E-state index < -0.39 is 31.4 Å². The molecule has 3 amide bonds. The zero-order valence-corrected chi connectivity index (χ0v) is 23.5. The third-order valence-electron chi connectivity index (χ3n) is 5.40. The highest BCUT2D eigenvalue weighted by Gasteiger charge is 2.32. The molecule has 0 unspecified atom stereocenters. The molecule has 1 aromatic rings. The van der Waals surface area contributed by atoms with Crippen LogP contribution in [0.3, 0.4) is 0 Å². The molecule has 0 saturated carbocycles. The van der Waals surface area contributed by atoms with Crippen molar-refractivity contribution in [1.29, 1.82) is 0 Å². The molecule has 0 aliphatic carbocycles. The van der Waals surface area contributed by atoms with Crippen LogP contribution in [-0.2, 0) is 34.3 Å². The minimum atomic E-state index is -3.44. The summed E-state index contributed by atoms with van der Waals surface area (Å²) in [6.45, 7) is 12.5. The van der Waals surface area contributed by atoms with Crippen LogP contribution in [0.5, 0.6) is 0 Å². The molecule has 11 nitrogen and oxygen atoms in total. The Morgan fingerprint density at radius 3 is 1.95 bits per heavy atom. The van der Waals surface area contributed by atoms with E-state index >= 15 is 0 Å². The van der Waals surface area contributed by atoms with Crippen molar-refractivity contribution in [2.24, 2.45) is 0 Å². The van der Waals surface area contributed by atoms with Gasteiger partial charge in [0.2, 0.25) is 5.91 Å². The summed E-state index contributed by atoms with van der Waals surface area (Å²) in [6, 6.07) is 5.86. The number of nitrogens with one attached hydrogen (secondary N) is 1. The Balaban J connectivity index is 2.18. The van der Waals surface area contributed by atoms with Crippen molar-refractivity contribution in [3.8, 4) is 0 Å². The summed E-state index contributed by atoms with van der Waals surface area (Å²) in [7, 11) is -3.44. The van der Waals surface area contributed by atoms with Crippen LogP contribution in [0.4, 0.5) is 9.59 Å². The van der Waals surface area contributed by atoms with Crippen molar-refractivity contribution in [3.63, 3.8) is 0 Å². The lowest BCUT2D eigenvalue weighted by molar-refractivity contribution is -0.135. The standard InChI is InChI=1S/C25H40N3O8P/c1-7-33-24(31)28-16-14-27(15-17-28)22(29)21(26-23(30)36-25(4,5)6)18-19-10-12-20(13-11-19)37(32,34-8-2)35-9-3/h10-13,21H,7-9,14-18H2,1-6H3,(H,26,30)/t21-/m0/s1. The molecule has 12 heteroatoms. The first kappa shape index (κ1) is 30.6. The summed E-state index contributed by atoms with van der Waals surface area (Å²) in [5.74, 6) is -0.284. The minimum absolute atomic E-state index is 0.185. The van der Waals surface area contributed by atoms with Crippen molar-refractivity contribution in [3.05, 3.63) is 29.8 Å². The normalized spacial score (nSPS) is 15.2. The summed E-state index contributed by atoms with van der Waals surface area (Å²) in [5.41, 5.74) is 0.00693. The fourth-order valence-corrected chi connectivity index (χ4v) is 5.34. The van der Waals surface area contributed by atoms with Gasteiger partial charge in [-0.1, -0.05) is 12.1 Å². The number of alkyl carbamates (subject to hydrolysis) is 1. The maximum atomic E-state index is 13.4. The third-order valence-corrected chi connectivity index (χ3v) is 7.52. The maximum Gasteiger partial charge on any atom is 0.409 e. The molecule has 1 N–H and O–H groups in total. The van der Waals surface area contributed by atoms with Crippen molar-refractivity contribution in [2.75, 3.05) is 46.0 Å². The van der Waals surface area contributed by atoms with Gasteiger partial charge in [-0.05, 0) is 59.2 Å². The summed E-state index contributed by atoms with van der Waals surface area (Å²) < 4.78 is 34.2. The second-order valence-electron chi connectivity index (χ2n) is 9.41. The molecule has 1 heterocycles. The molecule has 208 valence electrons. The van der Waals surface area contributed by atoms with E-state index in [9.17, 15) is 18.9 Å². The number of piperazine rings is 1. The number of benzene rings is 1.